The molecule has 6 rings (SSSR count). The Hall–Kier alpha value is -5.60. The molecule has 6 aromatic rings. The van der Waals surface area contributed by atoms with Crippen LogP contribution in [0.5, 0.6) is 0 Å². The second-order valence-corrected chi connectivity index (χ2v) is 11.9. The van der Waals surface area contributed by atoms with Gasteiger partial charge in [-0.05, 0) is 72.3 Å². The van der Waals surface area contributed by atoms with E-state index in [-0.39, 0.29) is 23.3 Å². The molecule has 0 spiro atoms. The number of rotatable bonds is 9. The standard InChI is InChI=1S/C38H32N4O3S/c1-41(2)29-20-16-26(17-21-29)24-33(40-37(44)27-10-4-3-5-11-27)38(45)39-28-18-22-30(23-19-28)46-25-36(43)42-34-14-8-6-12-31(34)32-13-7-9-15-35(32)42/h3-24H,25H2,1-2H3,(H,39,45)(H,40,44)/b33-24-. The van der Waals surface area contributed by atoms with Gasteiger partial charge in [0.1, 0.15) is 5.70 Å². The molecule has 8 heteroatoms. The maximum absolute atomic E-state index is 13.4. The number of nitrogens with one attached hydrogen (secondary N) is 2. The first-order valence-corrected chi connectivity index (χ1v) is 15.8. The van der Waals surface area contributed by atoms with Crippen molar-refractivity contribution in [3.05, 3.63) is 144 Å². The van der Waals surface area contributed by atoms with E-state index in [0.29, 0.717) is 11.3 Å². The van der Waals surface area contributed by atoms with Crippen molar-refractivity contribution in [1.82, 2.24) is 9.88 Å². The van der Waals surface area contributed by atoms with E-state index in [1.54, 1.807) is 47.0 Å². The summed E-state index contributed by atoms with van der Waals surface area (Å²) in [5, 5.41) is 7.77. The Kier molecular flexibility index (Phi) is 8.98. The van der Waals surface area contributed by atoms with Gasteiger partial charge in [-0.15, -0.1) is 11.8 Å². The number of hydrogen-bond acceptors (Lipinski definition) is 5. The number of para-hydroxylation sites is 2. The highest BCUT2D eigenvalue weighted by Gasteiger charge is 2.17. The van der Waals surface area contributed by atoms with Crippen molar-refractivity contribution in [2.75, 3.05) is 30.1 Å². The smallest absolute Gasteiger partial charge is 0.272 e. The monoisotopic (exact) mass is 624 g/mol. The van der Waals surface area contributed by atoms with Crippen molar-refractivity contribution >= 4 is 68.7 Å². The Bertz CT molecular complexity index is 2010. The number of aromatic nitrogens is 1. The molecule has 2 amide bonds. The molecule has 0 aliphatic carbocycles. The van der Waals surface area contributed by atoms with Crippen molar-refractivity contribution in [3.63, 3.8) is 0 Å². The zero-order valence-corrected chi connectivity index (χ0v) is 26.3. The van der Waals surface area contributed by atoms with Crippen molar-refractivity contribution in [3.8, 4) is 0 Å². The van der Waals surface area contributed by atoms with Crippen LogP contribution in [0.4, 0.5) is 11.4 Å². The topological polar surface area (TPSA) is 83.4 Å². The van der Waals surface area contributed by atoms with Crippen LogP contribution in [0.1, 0.15) is 20.7 Å². The first-order valence-electron chi connectivity index (χ1n) is 14.8. The van der Waals surface area contributed by atoms with Gasteiger partial charge in [-0.1, -0.05) is 66.7 Å². The number of carbonyl (C=O) groups is 3. The van der Waals surface area contributed by atoms with Crippen molar-refractivity contribution in [1.29, 1.82) is 0 Å². The summed E-state index contributed by atoms with van der Waals surface area (Å²) >= 11 is 1.43. The molecule has 0 aliphatic rings. The predicted octanol–water partition coefficient (Wildman–Crippen LogP) is 7.70. The lowest BCUT2D eigenvalue weighted by molar-refractivity contribution is -0.113. The van der Waals surface area contributed by atoms with Gasteiger partial charge in [0, 0.05) is 46.7 Å². The molecular formula is C38H32N4O3S. The fourth-order valence-corrected chi connectivity index (χ4v) is 5.96. The number of amides is 2. The summed E-state index contributed by atoms with van der Waals surface area (Å²) in [5.74, 6) is -0.601. The van der Waals surface area contributed by atoms with Crippen LogP contribution in [0.25, 0.3) is 27.9 Å². The third-order valence-corrected chi connectivity index (χ3v) is 8.55. The Balaban J connectivity index is 1.16. The molecule has 5 aromatic carbocycles. The molecule has 46 heavy (non-hydrogen) atoms. The molecule has 0 fully saturated rings. The van der Waals surface area contributed by atoms with Gasteiger partial charge < -0.3 is 15.5 Å². The first-order chi connectivity index (χ1) is 22.4. The lowest BCUT2D eigenvalue weighted by atomic mass is 10.1. The minimum atomic E-state index is -0.456. The molecule has 0 aliphatic heterocycles. The van der Waals surface area contributed by atoms with Gasteiger partial charge in [0.15, 0.2) is 0 Å². The highest BCUT2D eigenvalue weighted by Crippen LogP contribution is 2.30. The van der Waals surface area contributed by atoms with Crippen LogP contribution in [0, 0.1) is 0 Å². The van der Waals surface area contributed by atoms with Gasteiger partial charge in [0.25, 0.3) is 11.8 Å². The molecule has 0 unspecified atom stereocenters. The van der Waals surface area contributed by atoms with E-state index < -0.39 is 5.91 Å². The molecule has 228 valence electrons. The van der Waals surface area contributed by atoms with Crippen LogP contribution in [-0.4, -0.2) is 42.1 Å². The maximum atomic E-state index is 13.4. The Labute approximate surface area is 271 Å². The number of hydrogen-bond donors (Lipinski definition) is 2. The summed E-state index contributed by atoms with van der Waals surface area (Å²) in [4.78, 5) is 42.7. The minimum absolute atomic E-state index is 0.0117. The van der Waals surface area contributed by atoms with Crippen molar-refractivity contribution < 1.29 is 14.4 Å². The second-order valence-electron chi connectivity index (χ2n) is 10.9. The van der Waals surface area contributed by atoms with E-state index in [9.17, 15) is 14.4 Å². The molecule has 0 atom stereocenters. The molecule has 1 aromatic heterocycles. The fraction of sp³-hybridized carbons (Fsp3) is 0.0789. The average molecular weight is 625 g/mol. The molecule has 0 radical (unpaired) electrons. The molecule has 0 saturated heterocycles. The number of fused-ring (bicyclic) bond motifs is 3. The summed E-state index contributed by atoms with van der Waals surface area (Å²) in [7, 11) is 3.91. The third kappa shape index (κ3) is 6.72. The Morgan fingerprint density at radius 1 is 0.717 bits per heavy atom. The number of thioether (sulfide) groups is 1. The summed E-state index contributed by atoms with van der Waals surface area (Å²) < 4.78 is 1.79. The molecule has 0 bridgehead atoms. The van der Waals surface area contributed by atoms with Gasteiger partial charge in [0.2, 0.25) is 5.91 Å². The van der Waals surface area contributed by atoms with E-state index >= 15 is 0 Å². The molecular weight excluding hydrogens is 593 g/mol. The summed E-state index contributed by atoms with van der Waals surface area (Å²) in [6, 6.07) is 39.6. The lowest BCUT2D eigenvalue weighted by Gasteiger charge is -2.13. The van der Waals surface area contributed by atoms with Gasteiger partial charge in [0.05, 0.1) is 16.8 Å². The van der Waals surface area contributed by atoms with Gasteiger partial charge >= 0.3 is 0 Å². The molecule has 7 nitrogen and oxygen atoms in total. The molecule has 0 saturated carbocycles. The van der Waals surface area contributed by atoms with Crippen LogP contribution in [0.2, 0.25) is 0 Å². The number of nitrogens with zero attached hydrogens (tertiary/aromatic N) is 2. The average Bonchev–Trinajstić information content (AvgIpc) is 3.42. The minimum Gasteiger partial charge on any atom is -0.378 e. The number of carbonyl (C=O) groups excluding carboxylic acids is 3. The predicted molar refractivity (Wildman–Crippen MR) is 189 cm³/mol. The van der Waals surface area contributed by atoms with Gasteiger partial charge in [-0.25, -0.2) is 0 Å². The normalized spacial score (nSPS) is 11.4. The summed E-state index contributed by atoms with van der Waals surface area (Å²) in [5.41, 5.74) is 4.69. The van der Waals surface area contributed by atoms with Crippen LogP contribution >= 0.6 is 11.8 Å². The van der Waals surface area contributed by atoms with Crippen LogP contribution in [0.3, 0.4) is 0 Å². The highest BCUT2D eigenvalue weighted by molar-refractivity contribution is 8.00. The Morgan fingerprint density at radius 2 is 1.30 bits per heavy atom. The van der Waals surface area contributed by atoms with E-state index in [2.05, 4.69) is 10.6 Å². The third-order valence-electron chi connectivity index (χ3n) is 7.55. The van der Waals surface area contributed by atoms with E-state index in [0.717, 1.165) is 38.0 Å². The van der Waals surface area contributed by atoms with Crippen LogP contribution in [0.15, 0.2) is 138 Å². The largest absolute Gasteiger partial charge is 0.378 e. The van der Waals surface area contributed by atoms with E-state index in [1.807, 2.05) is 110 Å². The quantitative estimate of drug-likeness (QED) is 0.127. The molecule has 1 heterocycles. The van der Waals surface area contributed by atoms with Crippen LogP contribution in [-0.2, 0) is 4.79 Å². The SMILES string of the molecule is CN(C)c1ccc(/C=C(\NC(=O)c2ccccc2)C(=O)Nc2ccc(SCC(=O)n3c4ccccc4c4ccccc43)cc2)cc1. The maximum Gasteiger partial charge on any atom is 0.272 e. The zero-order valence-electron chi connectivity index (χ0n) is 25.4. The lowest BCUT2D eigenvalue weighted by Crippen LogP contribution is -2.30. The van der Waals surface area contributed by atoms with Crippen molar-refractivity contribution in [2.24, 2.45) is 0 Å². The first kappa shape index (κ1) is 30.4. The van der Waals surface area contributed by atoms with E-state index in [4.69, 9.17) is 0 Å². The van der Waals surface area contributed by atoms with Crippen molar-refractivity contribution in [2.45, 2.75) is 4.90 Å². The van der Waals surface area contributed by atoms with Crippen LogP contribution < -0.4 is 15.5 Å². The second kappa shape index (κ2) is 13.6. The Morgan fingerprint density at radius 3 is 1.91 bits per heavy atom. The summed E-state index contributed by atoms with van der Waals surface area (Å²) in [6.07, 6.45) is 1.65. The zero-order chi connectivity index (χ0) is 32.0. The highest BCUT2D eigenvalue weighted by atomic mass is 32.2. The molecule has 2 N–H and O–H groups in total. The van der Waals surface area contributed by atoms with Gasteiger partial charge in [-0.3, -0.25) is 19.0 Å². The summed E-state index contributed by atoms with van der Waals surface area (Å²) in [6.45, 7) is 0. The van der Waals surface area contributed by atoms with Gasteiger partial charge in [-0.2, -0.15) is 0 Å². The number of benzene rings is 5. The van der Waals surface area contributed by atoms with E-state index in [1.165, 1.54) is 11.8 Å². The number of anilines is 2. The fourth-order valence-electron chi connectivity index (χ4n) is 5.21.